The quantitative estimate of drug-likeness (QED) is 0.217. The predicted molar refractivity (Wildman–Crippen MR) is 149 cm³/mol. The van der Waals surface area contributed by atoms with Crippen LogP contribution in [-0.2, 0) is 12.3 Å². The fourth-order valence-electron chi connectivity index (χ4n) is 3.55. The molecule has 0 bridgehead atoms. The lowest BCUT2D eigenvalue weighted by Gasteiger charge is -2.14. The highest BCUT2D eigenvalue weighted by molar-refractivity contribution is 7.98. The number of benzene rings is 3. The van der Waals surface area contributed by atoms with Gasteiger partial charge in [-0.15, -0.1) is 10.2 Å². The molecule has 1 heterocycles. The van der Waals surface area contributed by atoms with Crippen molar-refractivity contribution in [2.75, 3.05) is 26.6 Å². The number of urea groups is 1. The molecule has 12 heteroatoms. The molecular formula is C26H25Cl2N5O4S. The van der Waals surface area contributed by atoms with E-state index < -0.39 is 6.03 Å². The number of halogens is 2. The zero-order valence-electron chi connectivity index (χ0n) is 20.8. The smallest absolute Gasteiger partial charge is 0.319 e. The number of nitrogens with one attached hydrogen (secondary N) is 2. The highest BCUT2D eigenvalue weighted by Gasteiger charge is 2.19. The first-order valence-electron chi connectivity index (χ1n) is 11.3. The molecule has 4 aromatic rings. The summed E-state index contributed by atoms with van der Waals surface area (Å²) in [6.45, 7) is 0.0693. The van der Waals surface area contributed by atoms with E-state index in [0.717, 1.165) is 11.3 Å². The average molecular weight is 574 g/mol. The molecule has 0 aliphatic heterocycles. The van der Waals surface area contributed by atoms with Crippen LogP contribution >= 0.6 is 35.0 Å². The van der Waals surface area contributed by atoms with E-state index in [4.69, 9.17) is 37.4 Å². The third-order valence-corrected chi connectivity index (χ3v) is 6.97. The Morgan fingerprint density at radius 3 is 2.50 bits per heavy atom. The molecule has 4 rings (SSSR count). The molecule has 198 valence electrons. The Morgan fingerprint density at radius 1 is 0.947 bits per heavy atom. The first-order valence-corrected chi connectivity index (χ1v) is 13.1. The number of amides is 2. The van der Waals surface area contributed by atoms with Crippen LogP contribution in [0, 0.1) is 0 Å². The minimum absolute atomic E-state index is 0.0693. The first-order chi connectivity index (χ1) is 18.4. The molecule has 38 heavy (non-hydrogen) atoms. The van der Waals surface area contributed by atoms with Crippen LogP contribution in [0.5, 0.6) is 17.2 Å². The lowest BCUT2D eigenvalue weighted by molar-refractivity contribution is 0.251. The van der Waals surface area contributed by atoms with E-state index in [1.807, 2.05) is 24.3 Å². The predicted octanol–water partition coefficient (Wildman–Crippen LogP) is 6.21. The Hall–Kier alpha value is -3.60. The molecule has 0 aliphatic carbocycles. The summed E-state index contributed by atoms with van der Waals surface area (Å²) in [6.07, 6.45) is 0. The molecule has 0 saturated heterocycles. The third kappa shape index (κ3) is 6.63. The molecule has 1 aromatic heterocycles. The van der Waals surface area contributed by atoms with Gasteiger partial charge in [0.1, 0.15) is 17.2 Å². The Balaban J connectivity index is 1.55. The number of rotatable bonds is 10. The molecule has 0 aliphatic rings. The molecule has 2 N–H and O–H groups in total. The van der Waals surface area contributed by atoms with E-state index in [9.17, 15) is 4.79 Å². The van der Waals surface area contributed by atoms with Gasteiger partial charge in [-0.1, -0.05) is 47.1 Å². The highest BCUT2D eigenvalue weighted by atomic mass is 35.5. The molecule has 0 radical (unpaired) electrons. The first kappa shape index (κ1) is 27.4. The molecule has 2 amide bonds. The van der Waals surface area contributed by atoms with E-state index >= 15 is 0 Å². The minimum atomic E-state index is -0.453. The second-order valence-corrected chi connectivity index (χ2v) is 9.63. The van der Waals surface area contributed by atoms with Gasteiger partial charge in [0.15, 0.2) is 11.0 Å². The van der Waals surface area contributed by atoms with E-state index in [1.165, 1.54) is 18.9 Å². The molecular weight excluding hydrogens is 549 g/mol. The SMILES string of the molecule is COc1cccc(CSc2nnc(CNC(=O)Nc3ccc(OC)cc3OC)n2-c2cc(Cl)ccc2Cl)c1. The molecule has 0 fully saturated rings. The standard InChI is InChI=1S/C26H25Cl2N5O4S/c1-35-18-6-4-5-16(11-18)15-38-26-32-31-24(33(26)22-12-17(27)7-9-20(22)28)14-29-25(34)30-21-10-8-19(36-2)13-23(21)37-3/h4-13H,14-15H2,1-3H3,(H2,29,30,34). The number of ether oxygens (including phenoxy) is 3. The fraction of sp³-hybridized carbons (Fsp3) is 0.192. The third-order valence-electron chi connectivity index (χ3n) is 5.42. The Morgan fingerprint density at radius 2 is 1.74 bits per heavy atom. The van der Waals surface area contributed by atoms with Crippen molar-refractivity contribution in [2.45, 2.75) is 17.5 Å². The van der Waals surface area contributed by atoms with Gasteiger partial charge < -0.3 is 24.8 Å². The maximum absolute atomic E-state index is 12.7. The van der Waals surface area contributed by atoms with Crippen LogP contribution in [0.15, 0.2) is 65.8 Å². The highest BCUT2D eigenvalue weighted by Crippen LogP contribution is 2.32. The number of nitrogens with zero attached hydrogens (tertiary/aromatic N) is 3. The van der Waals surface area contributed by atoms with Crippen LogP contribution < -0.4 is 24.8 Å². The van der Waals surface area contributed by atoms with Crippen molar-refractivity contribution in [3.05, 3.63) is 82.1 Å². The topological polar surface area (TPSA) is 99.5 Å². The van der Waals surface area contributed by atoms with Crippen molar-refractivity contribution in [2.24, 2.45) is 0 Å². The van der Waals surface area contributed by atoms with Crippen molar-refractivity contribution in [3.63, 3.8) is 0 Å². The maximum Gasteiger partial charge on any atom is 0.319 e. The largest absolute Gasteiger partial charge is 0.497 e. The number of hydrogen-bond donors (Lipinski definition) is 2. The van der Waals surface area contributed by atoms with Gasteiger partial charge in [0.2, 0.25) is 0 Å². The molecule has 0 atom stereocenters. The van der Waals surface area contributed by atoms with Gasteiger partial charge in [-0.2, -0.15) is 0 Å². The van der Waals surface area contributed by atoms with E-state index in [-0.39, 0.29) is 6.54 Å². The second kappa shape index (κ2) is 12.8. The zero-order valence-corrected chi connectivity index (χ0v) is 23.2. The van der Waals surface area contributed by atoms with E-state index in [0.29, 0.717) is 49.7 Å². The van der Waals surface area contributed by atoms with Crippen LogP contribution in [0.3, 0.4) is 0 Å². The van der Waals surface area contributed by atoms with Crippen molar-refractivity contribution >= 4 is 46.7 Å². The van der Waals surface area contributed by atoms with Gasteiger partial charge in [-0.3, -0.25) is 4.57 Å². The summed E-state index contributed by atoms with van der Waals surface area (Å²) in [7, 11) is 4.70. The second-order valence-electron chi connectivity index (χ2n) is 7.84. The van der Waals surface area contributed by atoms with Gasteiger partial charge >= 0.3 is 6.03 Å². The van der Waals surface area contributed by atoms with Gasteiger partial charge in [-0.05, 0) is 48.0 Å². The lowest BCUT2D eigenvalue weighted by Crippen LogP contribution is -2.29. The molecule has 3 aromatic carbocycles. The number of aromatic nitrogens is 3. The lowest BCUT2D eigenvalue weighted by atomic mass is 10.2. The van der Waals surface area contributed by atoms with Crippen LogP contribution in [0.4, 0.5) is 10.5 Å². The summed E-state index contributed by atoms with van der Waals surface area (Å²) < 4.78 is 17.7. The summed E-state index contributed by atoms with van der Waals surface area (Å²) in [6, 6.07) is 17.6. The summed E-state index contributed by atoms with van der Waals surface area (Å²) in [5.41, 5.74) is 2.14. The van der Waals surface area contributed by atoms with E-state index in [1.54, 1.807) is 55.2 Å². The molecule has 0 saturated carbocycles. The zero-order chi connectivity index (χ0) is 27.1. The number of hydrogen-bond acceptors (Lipinski definition) is 7. The van der Waals surface area contributed by atoms with Crippen molar-refractivity contribution in [1.29, 1.82) is 0 Å². The molecule has 0 unspecified atom stereocenters. The van der Waals surface area contributed by atoms with Crippen LogP contribution in [0.25, 0.3) is 5.69 Å². The van der Waals surface area contributed by atoms with Gasteiger partial charge in [0, 0.05) is 16.8 Å². The Bertz CT molecular complexity index is 1430. The van der Waals surface area contributed by atoms with Crippen molar-refractivity contribution in [3.8, 4) is 22.9 Å². The van der Waals surface area contributed by atoms with Crippen LogP contribution in [0.1, 0.15) is 11.4 Å². The summed E-state index contributed by atoms with van der Waals surface area (Å²) >= 11 is 14.3. The minimum Gasteiger partial charge on any atom is -0.497 e. The summed E-state index contributed by atoms with van der Waals surface area (Å²) in [4.78, 5) is 12.7. The molecule has 0 spiro atoms. The number of thioether (sulfide) groups is 1. The van der Waals surface area contributed by atoms with E-state index in [2.05, 4.69) is 20.8 Å². The van der Waals surface area contributed by atoms with Crippen molar-refractivity contribution < 1.29 is 19.0 Å². The number of methoxy groups -OCH3 is 3. The normalized spacial score (nSPS) is 10.7. The van der Waals surface area contributed by atoms with Crippen LogP contribution in [-0.4, -0.2) is 42.1 Å². The van der Waals surface area contributed by atoms with Gasteiger partial charge in [0.25, 0.3) is 0 Å². The van der Waals surface area contributed by atoms with Crippen LogP contribution in [0.2, 0.25) is 10.0 Å². The average Bonchev–Trinajstić information content (AvgIpc) is 3.34. The fourth-order valence-corrected chi connectivity index (χ4v) is 4.82. The number of anilines is 1. The summed E-state index contributed by atoms with van der Waals surface area (Å²) in [5.74, 6) is 2.92. The van der Waals surface area contributed by atoms with Gasteiger partial charge in [-0.25, -0.2) is 4.79 Å². The number of carbonyl (C=O) groups is 1. The maximum atomic E-state index is 12.7. The van der Waals surface area contributed by atoms with Crippen molar-refractivity contribution in [1.82, 2.24) is 20.1 Å². The molecule has 9 nitrogen and oxygen atoms in total. The Labute approximate surface area is 234 Å². The monoisotopic (exact) mass is 573 g/mol. The summed E-state index contributed by atoms with van der Waals surface area (Å²) in [5, 5.41) is 15.8. The number of carbonyl (C=O) groups excluding carboxylic acids is 1. The Kier molecular flexibility index (Phi) is 9.22. The van der Waals surface area contributed by atoms with Gasteiger partial charge in [0.05, 0.1) is 44.3 Å².